The van der Waals surface area contributed by atoms with E-state index in [0.717, 1.165) is 19.5 Å². The summed E-state index contributed by atoms with van der Waals surface area (Å²) in [5, 5.41) is 3.47. The van der Waals surface area contributed by atoms with Crippen molar-refractivity contribution < 1.29 is 4.79 Å². The van der Waals surface area contributed by atoms with E-state index in [9.17, 15) is 4.79 Å². The van der Waals surface area contributed by atoms with E-state index in [4.69, 9.17) is 0 Å². The number of benzene rings is 2. The molecular formula is C20H22ClNO. The minimum absolute atomic E-state index is 0. The Kier molecular flexibility index (Phi) is 4.56. The van der Waals surface area contributed by atoms with Gasteiger partial charge in [0, 0.05) is 24.3 Å². The second-order valence-electron chi connectivity index (χ2n) is 6.54. The SMILES string of the molecule is Cl.O=C1CCC(c2ccccc2)(c2ccccc2)C2CNCC12. The molecular weight excluding hydrogens is 306 g/mol. The van der Waals surface area contributed by atoms with Gasteiger partial charge in [0.25, 0.3) is 0 Å². The number of carbonyl (C=O) groups is 1. The largest absolute Gasteiger partial charge is 0.316 e. The Hall–Kier alpha value is -1.64. The lowest BCUT2D eigenvalue weighted by Gasteiger charge is -2.45. The fourth-order valence-electron chi connectivity index (χ4n) is 4.58. The molecule has 2 aromatic rings. The third kappa shape index (κ3) is 2.50. The number of ketones is 1. The standard InChI is InChI=1S/C20H21NO.ClH/c22-19-11-12-20(15-7-3-1-4-8-15,16-9-5-2-6-10-16)18-14-21-13-17(18)19;/h1-10,17-18,21H,11-14H2;1H. The molecule has 1 saturated heterocycles. The van der Waals surface area contributed by atoms with Crippen molar-refractivity contribution in [1.82, 2.24) is 5.32 Å². The number of carbonyl (C=O) groups excluding carboxylic acids is 1. The van der Waals surface area contributed by atoms with Crippen molar-refractivity contribution in [1.29, 1.82) is 0 Å². The summed E-state index contributed by atoms with van der Waals surface area (Å²) in [6.07, 6.45) is 1.61. The summed E-state index contributed by atoms with van der Waals surface area (Å²) in [6.45, 7) is 1.77. The summed E-state index contributed by atoms with van der Waals surface area (Å²) < 4.78 is 0. The molecule has 0 aromatic heterocycles. The molecule has 0 amide bonds. The van der Waals surface area contributed by atoms with E-state index in [1.807, 2.05) is 0 Å². The number of nitrogens with one attached hydrogen (secondary N) is 1. The quantitative estimate of drug-likeness (QED) is 0.913. The highest BCUT2D eigenvalue weighted by atomic mass is 35.5. The Morgan fingerprint density at radius 3 is 2.00 bits per heavy atom. The molecule has 2 unspecified atom stereocenters. The number of halogens is 1. The molecule has 2 atom stereocenters. The van der Waals surface area contributed by atoms with Gasteiger partial charge in [0.2, 0.25) is 0 Å². The van der Waals surface area contributed by atoms with E-state index in [1.54, 1.807) is 0 Å². The van der Waals surface area contributed by atoms with Gasteiger partial charge < -0.3 is 5.32 Å². The Labute approximate surface area is 143 Å². The van der Waals surface area contributed by atoms with Crippen LogP contribution in [0.2, 0.25) is 0 Å². The lowest BCUT2D eigenvalue weighted by molar-refractivity contribution is -0.126. The first-order valence-electron chi connectivity index (χ1n) is 8.17. The summed E-state index contributed by atoms with van der Waals surface area (Å²) >= 11 is 0. The van der Waals surface area contributed by atoms with Gasteiger partial charge in [0.1, 0.15) is 5.78 Å². The van der Waals surface area contributed by atoms with Crippen molar-refractivity contribution in [2.24, 2.45) is 11.8 Å². The first-order chi connectivity index (χ1) is 10.8. The second-order valence-corrected chi connectivity index (χ2v) is 6.54. The number of hydrogen-bond acceptors (Lipinski definition) is 2. The Morgan fingerprint density at radius 1 is 0.870 bits per heavy atom. The molecule has 2 aliphatic rings. The zero-order chi connectivity index (χ0) is 15.0. The summed E-state index contributed by atoms with van der Waals surface area (Å²) in [4.78, 5) is 12.4. The molecule has 1 N–H and O–H groups in total. The van der Waals surface area contributed by atoms with Crippen molar-refractivity contribution >= 4 is 18.2 Å². The zero-order valence-electron chi connectivity index (χ0n) is 13.1. The van der Waals surface area contributed by atoms with E-state index in [1.165, 1.54) is 11.1 Å². The molecule has 0 radical (unpaired) electrons. The first kappa shape index (κ1) is 16.2. The van der Waals surface area contributed by atoms with Crippen molar-refractivity contribution in [3.8, 4) is 0 Å². The van der Waals surface area contributed by atoms with Crippen molar-refractivity contribution in [2.75, 3.05) is 13.1 Å². The van der Waals surface area contributed by atoms with Gasteiger partial charge in [-0.15, -0.1) is 12.4 Å². The summed E-state index contributed by atoms with van der Waals surface area (Å²) in [5.41, 5.74) is 2.67. The van der Waals surface area contributed by atoms with Crippen LogP contribution in [-0.4, -0.2) is 18.9 Å². The highest BCUT2D eigenvalue weighted by Crippen LogP contribution is 2.50. The maximum absolute atomic E-state index is 12.4. The molecule has 1 aliphatic heterocycles. The van der Waals surface area contributed by atoms with Gasteiger partial charge in [0.05, 0.1) is 0 Å². The first-order valence-corrected chi connectivity index (χ1v) is 8.17. The number of rotatable bonds is 2. The maximum Gasteiger partial charge on any atom is 0.137 e. The minimum atomic E-state index is -0.0371. The lowest BCUT2D eigenvalue weighted by Crippen LogP contribution is -2.47. The molecule has 2 nitrogen and oxygen atoms in total. The topological polar surface area (TPSA) is 29.1 Å². The van der Waals surface area contributed by atoms with Crippen LogP contribution in [0.1, 0.15) is 24.0 Å². The molecule has 23 heavy (non-hydrogen) atoms. The molecule has 1 heterocycles. The van der Waals surface area contributed by atoms with Crippen LogP contribution in [0.4, 0.5) is 0 Å². The van der Waals surface area contributed by atoms with E-state index in [-0.39, 0.29) is 23.7 Å². The van der Waals surface area contributed by atoms with Crippen molar-refractivity contribution in [3.05, 3.63) is 71.8 Å². The maximum atomic E-state index is 12.4. The lowest BCUT2D eigenvalue weighted by atomic mass is 9.56. The molecule has 2 fully saturated rings. The number of Topliss-reactive ketones (excluding diaryl/α,β-unsaturated/α-hetero) is 1. The van der Waals surface area contributed by atoms with Crippen LogP contribution in [0.5, 0.6) is 0 Å². The summed E-state index contributed by atoms with van der Waals surface area (Å²) in [5.74, 6) is 0.963. The van der Waals surface area contributed by atoms with Crippen LogP contribution >= 0.6 is 12.4 Å². The third-order valence-electron chi connectivity index (χ3n) is 5.60. The van der Waals surface area contributed by atoms with Crippen LogP contribution in [-0.2, 0) is 10.2 Å². The molecule has 0 bridgehead atoms. The molecule has 2 aromatic carbocycles. The smallest absolute Gasteiger partial charge is 0.137 e. The molecule has 1 aliphatic carbocycles. The predicted octanol–water partition coefficient (Wildman–Crippen LogP) is 3.59. The van der Waals surface area contributed by atoms with Gasteiger partial charge in [-0.1, -0.05) is 60.7 Å². The molecule has 4 rings (SSSR count). The average molecular weight is 328 g/mol. The van der Waals surface area contributed by atoms with Gasteiger partial charge in [0.15, 0.2) is 0 Å². The minimum Gasteiger partial charge on any atom is -0.316 e. The van der Waals surface area contributed by atoms with Crippen LogP contribution in [0.3, 0.4) is 0 Å². The Morgan fingerprint density at radius 2 is 1.43 bits per heavy atom. The van der Waals surface area contributed by atoms with E-state index < -0.39 is 0 Å². The zero-order valence-corrected chi connectivity index (χ0v) is 13.9. The van der Waals surface area contributed by atoms with E-state index >= 15 is 0 Å². The molecule has 0 spiro atoms. The van der Waals surface area contributed by atoms with E-state index in [0.29, 0.717) is 18.1 Å². The summed E-state index contributed by atoms with van der Waals surface area (Å²) in [7, 11) is 0. The van der Waals surface area contributed by atoms with Gasteiger partial charge in [-0.3, -0.25) is 4.79 Å². The summed E-state index contributed by atoms with van der Waals surface area (Å²) in [6, 6.07) is 21.6. The number of hydrogen-bond donors (Lipinski definition) is 1. The van der Waals surface area contributed by atoms with Gasteiger partial charge in [-0.25, -0.2) is 0 Å². The van der Waals surface area contributed by atoms with Gasteiger partial charge >= 0.3 is 0 Å². The average Bonchev–Trinajstić information content (AvgIpc) is 3.08. The fraction of sp³-hybridized carbons (Fsp3) is 0.350. The van der Waals surface area contributed by atoms with Crippen LogP contribution < -0.4 is 5.32 Å². The predicted molar refractivity (Wildman–Crippen MR) is 95.0 cm³/mol. The monoisotopic (exact) mass is 327 g/mol. The van der Waals surface area contributed by atoms with Crippen molar-refractivity contribution in [3.63, 3.8) is 0 Å². The van der Waals surface area contributed by atoms with Crippen LogP contribution in [0.25, 0.3) is 0 Å². The second kappa shape index (κ2) is 6.46. The van der Waals surface area contributed by atoms with Crippen molar-refractivity contribution in [2.45, 2.75) is 18.3 Å². The molecule has 1 saturated carbocycles. The third-order valence-corrected chi connectivity index (χ3v) is 5.60. The number of fused-ring (bicyclic) bond motifs is 1. The Bertz CT molecular complexity index is 631. The molecule has 3 heteroatoms. The highest BCUT2D eigenvalue weighted by Gasteiger charge is 2.52. The Balaban J connectivity index is 0.00000156. The fourth-order valence-corrected chi connectivity index (χ4v) is 4.58. The van der Waals surface area contributed by atoms with E-state index in [2.05, 4.69) is 66.0 Å². The normalized spacial score (nSPS) is 25.5. The van der Waals surface area contributed by atoms with Crippen LogP contribution in [0, 0.1) is 11.8 Å². The molecule has 120 valence electrons. The highest BCUT2D eigenvalue weighted by molar-refractivity contribution is 5.85. The van der Waals surface area contributed by atoms with Gasteiger partial charge in [-0.05, 0) is 30.0 Å². The van der Waals surface area contributed by atoms with Gasteiger partial charge in [-0.2, -0.15) is 0 Å². The van der Waals surface area contributed by atoms with Crippen LogP contribution in [0.15, 0.2) is 60.7 Å².